The van der Waals surface area contributed by atoms with Gasteiger partial charge in [0.15, 0.2) is 5.69 Å². The van der Waals surface area contributed by atoms with Crippen molar-refractivity contribution in [2.45, 2.75) is 26.3 Å². The molecule has 1 unspecified atom stereocenters. The molecule has 2 aromatic rings. The molecule has 0 saturated heterocycles. The molecular formula is C17H24ClN5O2. The van der Waals surface area contributed by atoms with Gasteiger partial charge in [-0.15, -0.1) is 12.4 Å². The highest BCUT2D eigenvalue weighted by atomic mass is 35.5. The van der Waals surface area contributed by atoms with Crippen LogP contribution in [-0.4, -0.2) is 33.7 Å². The lowest BCUT2D eigenvalue weighted by Crippen LogP contribution is -2.55. The van der Waals surface area contributed by atoms with Crippen LogP contribution in [0.2, 0.25) is 0 Å². The zero-order chi connectivity index (χ0) is 17.9. The van der Waals surface area contributed by atoms with Gasteiger partial charge in [-0.1, -0.05) is 32.0 Å². The van der Waals surface area contributed by atoms with Crippen molar-refractivity contribution in [2.24, 2.45) is 17.4 Å². The number of aromatic nitrogens is 2. The molecule has 0 aliphatic carbocycles. The number of carbonyl (C=O) groups is 2. The van der Waals surface area contributed by atoms with E-state index in [0.29, 0.717) is 12.2 Å². The summed E-state index contributed by atoms with van der Waals surface area (Å²) in [4.78, 5) is 24.2. The van der Waals surface area contributed by atoms with Crippen LogP contribution in [0.3, 0.4) is 0 Å². The van der Waals surface area contributed by atoms with E-state index < -0.39 is 17.4 Å². The molecule has 0 fully saturated rings. The van der Waals surface area contributed by atoms with Gasteiger partial charge >= 0.3 is 0 Å². The van der Waals surface area contributed by atoms with Crippen molar-refractivity contribution in [3.63, 3.8) is 0 Å². The van der Waals surface area contributed by atoms with E-state index in [4.69, 9.17) is 11.5 Å². The zero-order valence-electron chi connectivity index (χ0n) is 14.5. The molecule has 1 heterocycles. The molecule has 0 aliphatic heterocycles. The first-order valence-electron chi connectivity index (χ1n) is 7.76. The number of rotatable bonds is 6. The quantitative estimate of drug-likeness (QED) is 0.719. The van der Waals surface area contributed by atoms with Crippen molar-refractivity contribution >= 4 is 24.2 Å². The number of nitrogens with two attached hydrogens (primary N) is 2. The second-order valence-electron chi connectivity index (χ2n) is 6.26. The first-order chi connectivity index (χ1) is 11.3. The third-order valence-corrected chi connectivity index (χ3v) is 4.29. The fraction of sp³-hybridized carbons (Fsp3) is 0.353. The van der Waals surface area contributed by atoms with Crippen molar-refractivity contribution in [2.75, 3.05) is 6.54 Å². The molecule has 0 aliphatic rings. The van der Waals surface area contributed by atoms with Gasteiger partial charge in [-0.3, -0.25) is 9.59 Å². The topological polar surface area (TPSA) is 116 Å². The normalized spacial score (nSPS) is 13.0. The van der Waals surface area contributed by atoms with E-state index in [1.807, 2.05) is 39.0 Å². The summed E-state index contributed by atoms with van der Waals surface area (Å²) in [5, 5.41) is 7.14. The molecule has 5 N–H and O–H groups in total. The standard InChI is InChI=1S/C17H23N5O2.ClH/c1-11(2)17(3,10-18)20-16(24)13-9-14(15(19)23)22(21-13)12-7-5-4-6-8-12;/h4-9,11H,10,18H2,1-3H3,(H2,19,23)(H,20,24);1H. The number of nitrogens with one attached hydrogen (secondary N) is 1. The molecule has 7 nitrogen and oxygen atoms in total. The zero-order valence-corrected chi connectivity index (χ0v) is 15.3. The number of nitrogens with zero attached hydrogens (tertiary/aromatic N) is 2. The van der Waals surface area contributed by atoms with Gasteiger partial charge in [0.2, 0.25) is 0 Å². The molecule has 136 valence electrons. The number of halogens is 1. The van der Waals surface area contributed by atoms with Crippen molar-refractivity contribution in [3.8, 4) is 5.69 Å². The van der Waals surface area contributed by atoms with E-state index in [9.17, 15) is 9.59 Å². The van der Waals surface area contributed by atoms with Crippen LogP contribution in [0, 0.1) is 5.92 Å². The Labute approximate surface area is 153 Å². The largest absolute Gasteiger partial charge is 0.364 e. The summed E-state index contributed by atoms with van der Waals surface area (Å²) in [5.74, 6) is -0.914. The molecule has 0 saturated carbocycles. The van der Waals surface area contributed by atoms with Crippen LogP contribution in [0.15, 0.2) is 36.4 Å². The predicted molar refractivity (Wildman–Crippen MR) is 99.1 cm³/mol. The van der Waals surface area contributed by atoms with Crippen molar-refractivity contribution in [1.82, 2.24) is 15.1 Å². The van der Waals surface area contributed by atoms with Gasteiger partial charge in [-0.25, -0.2) is 4.68 Å². The number of amides is 2. The van der Waals surface area contributed by atoms with Crippen LogP contribution in [0.25, 0.3) is 5.69 Å². The molecule has 1 atom stereocenters. The van der Waals surface area contributed by atoms with Gasteiger partial charge < -0.3 is 16.8 Å². The molecule has 0 radical (unpaired) electrons. The fourth-order valence-electron chi connectivity index (χ4n) is 2.19. The second kappa shape index (κ2) is 8.13. The Morgan fingerprint density at radius 2 is 1.88 bits per heavy atom. The molecule has 2 rings (SSSR count). The monoisotopic (exact) mass is 365 g/mol. The fourth-order valence-corrected chi connectivity index (χ4v) is 2.19. The number of carbonyl (C=O) groups excluding carboxylic acids is 2. The van der Waals surface area contributed by atoms with Crippen molar-refractivity contribution in [3.05, 3.63) is 47.8 Å². The third kappa shape index (κ3) is 4.37. The predicted octanol–water partition coefficient (Wildman–Crippen LogP) is 1.50. The molecule has 1 aromatic heterocycles. The van der Waals surface area contributed by atoms with Crippen LogP contribution in [0.1, 0.15) is 41.7 Å². The minimum atomic E-state index is -0.657. The summed E-state index contributed by atoms with van der Waals surface area (Å²) >= 11 is 0. The highest BCUT2D eigenvalue weighted by Crippen LogP contribution is 2.17. The molecule has 0 bridgehead atoms. The number of para-hydroxylation sites is 1. The van der Waals surface area contributed by atoms with E-state index in [2.05, 4.69) is 10.4 Å². The second-order valence-corrected chi connectivity index (χ2v) is 6.26. The Morgan fingerprint density at radius 1 is 1.28 bits per heavy atom. The number of hydrogen-bond acceptors (Lipinski definition) is 4. The summed E-state index contributed by atoms with van der Waals surface area (Å²) < 4.78 is 1.37. The SMILES string of the molecule is CC(C)C(C)(CN)NC(=O)c1cc(C(N)=O)n(-c2ccccc2)n1.Cl. The van der Waals surface area contributed by atoms with Gasteiger partial charge in [-0.2, -0.15) is 5.10 Å². The van der Waals surface area contributed by atoms with Gasteiger partial charge in [0, 0.05) is 12.6 Å². The Balaban J connectivity index is 0.00000312. The number of primary amides is 1. The molecule has 8 heteroatoms. The first kappa shape index (κ1) is 20.7. The number of hydrogen-bond donors (Lipinski definition) is 3. The van der Waals surface area contributed by atoms with Gasteiger partial charge in [0.1, 0.15) is 5.69 Å². The van der Waals surface area contributed by atoms with Crippen LogP contribution in [-0.2, 0) is 0 Å². The molecule has 25 heavy (non-hydrogen) atoms. The Morgan fingerprint density at radius 3 is 2.36 bits per heavy atom. The van der Waals surface area contributed by atoms with Gasteiger partial charge in [0.05, 0.1) is 11.2 Å². The Hall–Kier alpha value is -2.38. The summed E-state index contributed by atoms with van der Waals surface area (Å²) in [6, 6.07) is 10.4. The van der Waals surface area contributed by atoms with Gasteiger partial charge in [-0.05, 0) is 25.0 Å². The molecule has 0 spiro atoms. The van der Waals surface area contributed by atoms with E-state index >= 15 is 0 Å². The Bertz CT molecular complexity index is 745. The van der Waals surface area contributed by atoms with E-state index in [0.717, 1.165) is 0 Å². The van der Waals surface area contributed by atoms with E-state index in [1.165, 1.54) is 10.7 Å². The summed E-state index contributed by atoms with van der Waals surface area (Å²) in [5.41, 5.74) is 11.6. The smallest absolute Gasteiger partial charge is 0.272 e. The summed E-state index contributed by atoms with van der Waals surface area (Å²) in [6.45, 7) is 6.12. The number of benzene rings is 1. The first-order valence-corrected chi connectivity index (χ1v) is 7.76. The van der Waals surface area contributed by atoms with Crippen LogP contribution < -0.4 is 16.8 Å². The molecule has 2 amide bonds. The van der Waals surface area contributed by atoms with Crippen molar-refractivity contribution in [1.29, 1.82) is 0 Å². The van der Waals surface area contributed by atoms with Crippen molar-refractivity contribution < 1.29 is 9.59 Å². The average molecular weight is 366 g/mol. The third-order valence-electron chi connectivity index (χ3n) is 4.29. The average Bonchev–Trinajstić information content (AvgIpc) is 3.01. The van der Waals surface area contributed by atoms with Crippen LogP contribution in [0.4, 0.5) is 0 Å². The summed E-state index contributed by atoms with van der Waals surface area (Å²) in [7, 11) is 0. The van der Waals surface area contributed by atoms with Crippen LogP contribution in [0.5, 0.6) is 0 Å². The maximum atomic E-state index is 12.5. The summed E-state index contributed by atoms with van der Waals surface area (Å²) in [6.07, 6.45) is 0. The lowest BCUT2D eigenvalue weighted by Gasteiger charge is -2.33. The lowest BCUT2D eigenvalue weighted by molar-refractivity contribution is 0.0877. The van der Waals surface area contributed by atoms with Gasteiger partial charge in [0.25, 0.3) is 11.8 Å². The maximum Gasteiger partial charge on any atom is 0.272 e. The van der Waals surface area contributed by atoms with E-state index in [1.54, 1.807) is 12.1 Å². The minimum absolute atomic E-state index is 0. The van der Waals surface area contributed by atoms with E-state index in [-0.39, 0.29) is 29.7 Å². The molecular weight excluding hydrogens is 342 g/mol. The maximum absolute atomic E-state index is 12.5. The highest BCUT2D eigenvalue weighted by molar-refractivity contribution is 5.98. The minimum Gasteiger partial charge on any atom is -0.364 e. The highest BCUT2D eigenvalue weighted by Gasteiger charge is 2.30. The van der Waals surface area contributed by atoms with Crippen LogP contribution >= 0.6 is 12.4 Å². The lowest BCUT2D eigenvalue weighted by atomic mass is 9.88. The Kier molecular flexibility index (Phi) is 6.72. The molecule has 1 aromatic carbocycles.